The van der Waals surface area contributed by atoms with Crippen LogP contribution >= 0.6 is 23.2 Å². The molecule has 4 nitrogen and oxygen atoms in total. The molecule has 0 unspecified atom stereocenters. The molecule has 0 aliphatic carbocycles. The van der Waals surface area contributed by atoms with Crippen LogP contribution in [0.1, 0.15) is 6.42 Å². The SMILES string of the molecule is O=C(O)CC1(Oc2cc(Cl)cc(Cl)c2)CNC1. The van der Waals surface area contributed by atoms with Gasteiger partial charge < -0.3 is 15.2 Å². The van der Waals surface area contributed by atoms with Gasteiger partial charge in [-0.3, -0.25) is 4.79 Å². The second kappa shape index (κ2) is 4.72. The second-order valence-electron chi connectivity index (χ2n) is 4.06. The Morgan fingerprint density at radius 3 is 2.35 bits per heavy atom. The second-order valence-corrected chi connectivity index (χ2v) is 4.94. The third kappa shape index (κ3) is 3.03. The Hall–Kier alpha value is -0.970. The smallest absolute Gasteiger partial charge is 0.307 e. The molecule has 92 valence electrons. The molecule has 1 heterocycles. The fraction of sp³-hybridized carbons (Fsp3) is 0.364. The van der Waals surface area contributed by atoms with Crippen molar-refractivity contribution in [3.05, 3.63) is 28.2 Å². The minimum atomic E-state index is -0.889. The maximum atomic E-state index is 10.8. The van der Waals surface area contributed by atoms with Gasteiger partial charge in [0.25, 0.3) is 0 Å². The summed E-state index contributed by atoms with van der Waals surface area (Å²) >= 11 is 11.7. The van der Waals surface area contributed by atoms with Crippen LogP contribution < -0.4 is 10.1 Å². The number of carboxylic acids is 1. The minimum absolute atomic E-state index is 0.0515. The minimum Gasteiger partial charge on any atom is -0.484 e. The lowest BCUT2D eigenvalue weighted by Crippen LogP contribution is -2.64. The maximum absolute atomic E-state index is 10.8. The molecular weight excluding hydrogens is 265 g/mol. The van der Waals surface area contributed by atoms with Gasteiger partial charge in [0.05, 0.1) is 6.42 Å². The van der Waals surface area contributed by atoms with Gasteiger partial charge in [-0.2, -0.15) is 0 Å². The highest BCUT2D eigenvalue weighted by Gasteiger charge is 2.41. The first-order chi connectivity index (χ1) is 7.99. The standard InChI is InChI=1S/C11H11Cl2NO3/c12-7-1-8(13)3-9(2-7)17-11(4-10(15)16)5-14-6-11/h1-3,14H,4-6H2,(H,15,16). The highest BCUT2D eigenvalue weighted by Crippen LogP contribution is 2.30. The molecule has 1 aromatic rings. The molecule has 0 atom stereocenters. The van der Waals surface area contributed by atoms with Crippen LogP contribution in [0.3, 0.4) is 0 Å². The number of rotatable bonds is 4. The van der Waals surface area contributed by atoms with E-state index in [9.17, 15) is 4.79 Å². The van der Waals surface area contributed by atoms with E-state index in [1.54, 1.807) is 18.2 Å². The quantitative estimate of drug-likeness (QED) is 0.885. The van der Waals surface area contributed by atoms with Crippen LogP contribution in [0.15, 0.2) is 18.2 Å². The number of carbonyl (C=O) groups is 1. The van der Waals surface area contributed by atoms with Crippen molar-refractivity contribution in [2.24, 2.45) is 0 Å². The molecule has 1 aliphatic heterocycles. The van der Waals surface area contributed by atoms with E-state index in [2.05, 4.69) is 5.32 Å². The molecule has 0 saturated carbocycles. The largest absolute Gasteiger partial charge is 0.484 e. The number of nitrogens with one attached hydrogen (secondary N) is 1. The van der Waals surface area contributed by atoms with Gasteiger partial charge in [0.1, 0.15) is 11.4 Å². The Kier molecular flexibility index (Phi) is 3.47. The van der Waals surface area contributed by atoms with E-state index in [0.717, 1.165) is 0 Å². The highest BCUT2D eigenvalue weighted by atomic mass is 35.5. The molecule has 1 aliphatic rings. The highest BCUT2D eigenvalue weighted by molar-refractivity contribution is 6.34. The van der Waals surface area contributed by atoms with Gasteiger partial charge in [-0.25, -0.2) is 0 Å². The van der Waals surface area contributed by atoms with Gasteiger partial charge in [-0.05, 0) is 18.2 Å². The number of ether oxygens (including phenoxy) is 1. The van der Waals surface area contributed by atoms with Crippen molar-refractivity contribution in [1.82, 2.24) is 5.32 Å². The fourth-order valence-electron chi connectivity index (χ4n) is 1.75. The lowest BCUT2D eigenvalue weighted by Gasteiger charge is -2.41. The Morgan fingerprint density at radius 1 is 1.35 bits per heavy atom. The summed E-state index contributed by atoms with van der Waals surface area (Å²) in [5.74, 6) is -0.398. The van der Waals surface area contributed by atoms with Crippen LogP contribution in [0.4, 0.5) is 0 Å². The van der Waals surface area contributed by atoms with E-state index < -0.39 is 11.6 Å². The summed E-state index contributed by atoms with van der Waals surface area (Å²) in [7, 11) is 0. The third-order valence-corrected chi connectivity index (χ3v) is 2.97. The molecule has 1 saturated heterocycles. The van der Waals surface area contributed by atoms with Crippen LogP contribution in [-0.4, -0.2) is 29.8 Å². The first-order valence-corrected chi connectivity index (χ1v) is 5.82. The lowest BCUT2D eigenvalue weighted by molar-refractivity contribution is -0.143. The zero-order chi connectivity index (χ0) is 12.5. The summed E-state index contributed by atoms with van der Waals surface area (Å²) in [6.45, 7) is 1.01. The third-order valence-electron chi connectivity index (χ3n) is 2.54. The number of halogens is 2. The molecule has 17 heavy (non-hydrogen) atoms. The zero-order valence-corrected chi connectivity index (χ0v) is 10.4. The van der Waals surface area contributed by atoms with Crippen molar-refractivity contribution >= 4 is 29.2 Å². The van der Waals surface area contributed by atoms with Crippen LogP contribution in [0, 0.1) is 0 Å². The molecule has 1 fully saturated rings. The lowest BCUT2D eigenvalue weighted by atomic mass is 9.92. The van der Waals surface area contributed by atoms with E-state index in [-0.39, 0.29) is 6.42 Å². The van der Waals surface area contributed by atoms with Gasteiger partial charge in [-0.15, -0.1) is 0 Å². The molecule has 0 amide bonds. The van der Waals surface area contributed by atoms with Crippen molar-refractivity contribution in [1.29, 1.82) is 0 Å². The van der Waals surface area contributed by atoms with Crippen LogP contribution in [0.5, 0.6) is 5.75 Å². The average Bonchev–Trinajstić information content (AvgIpc) is 2.11. The summed E-state index contributed by atoms with van der Waals surface area (Å²) < 4.78 is 5.70. The van der Waals surface area contributed by atoms with Crippen LogP contribution in [0.2, 0.25) is 10.0 Å². The Balaban J connectivity index is 2.15. The van der Waals surface area contributed by atoms with Gasteiger partial charge in [0, 0.05) is 23.1 Å². The average molecular weight is 276 g/mol. The van der Waals surface area contributed by atoms with Gasteiger partial charge in [0.2, 0.25) is 0 Å². The molecular formula is C11H11Cl2NO3. The topological polar surface area (TPSA) is 58.6 Å². The van der Waals surface area contributed by atoms with Gasteiger partial charge in [0.15, 0.2) is 0 Å². The summed E-state index contributed by atoms with van der Waals surface area (Å²) in [6, 6.07) is 4.84. The maximum Gasteiger partial charge on any atom is 0.307 e. The Labute approximate surface area is 108 Å². The first-order valence-electron chi connectivity index (χ1n) is 5.07. The van der Waals surface area contributed by atoms with E-state index >= 15 is 0 Å². The molecule has 0 spiro atoms. The van der Waals surface area contributed by atoms with E-state index in [4.69, 9.17) is 33.0 Å². The first kappa shape index (κ1) is 12.5. The van der Waals surface area contributed by atoms with Crippen molar-refractivity contribution in [3.8, 4) is 5.75 Å². The summed E-state index contributed by atoms with van der Waals surface area (Å²) in [6.07, 6.45) is -0.0515. The number of hydrogen-bond donors (Lipinski definition) is 2. The summed E-state index contributed by atoms with van der Waals surface area (Å²) in [5.41, 5.74) is -0.695. The molecule has 0 aromatic heterocycles. The van der Waals surface area contributed by atoms with E-state index in [0.29, 0.717) is 28.9 Å². The summed E-state index contributed by atoms with van der Waals surface area (Å²) in [5, 5.41) is 12.8. The number of carboxylic acid groups (broad SMARTS) is 1. The number of hydrogen-bond acceptors (Lipinski definition) is 3. The van der Waals surface area contributed by atoms with Crippen molar-refractivity contribution < 1.29 is 14.6 Å². The fourth-order valence-corrected chi connectivity index (χ4v) is 2.26. The molecule has 2 N–H and O–H groups in total. The van der Waals surface area contributed by atoms with Crippen LogP contribution in [0.25, 0.3) is 0 Å². The number of aliphatic carboxylic acids is 1. The van der Waals surface area contributed by atoms with Crippen molar-refractivity contribution in [2.45, 2.75) is 12.0 Å². The Morgan fingerprint density at radius 2 is 1.94 bits per heavy atom. The normalized spacial score (nSPS) is 17.3. The monoisotopic (exact) mass is 275 g/mol. The molecule has 6 heteroatoms. The predicted molar refractivity (Wildman–Crippen MR) is 64.9 cm³/mol. The Bertz CT molecular complexity index is 426. The van der Waals surface area contributed by atoms with Gasteiger partial charge >= 0.3 is 5.97 Å². The van der Waals surface area contributed by atoms with E-state index in [1.165, 1.54) is 0 Å². The zero-order valence-electron chi connectivity index (χ0n) is 8.87. The predicted octanol–water partition coefficient (Wildman–Crippen LogP) is 2.19. The van der Waals surface area contributed by atoms with E-state index in [1.807, 2.05) is 0 Å². The molecule has 1 aromatic carbocycles. The molecule has 2 rings (SSSR count). The van der Waals surface area contributed by atoms with Gasteiger partial charge in [-0.1, -0.05) is 23.2 Å². The van der Waals surface area contributed by atoms with Crippen LogP contribution in [-0.2, 0) is 4.79 Å². The summed E-state index contributed by atoms with van der Waals surface area (Å²) in [4.78, 5) is 10.8. The van der Waals surface area contributed by atoms with Crippen molar-refractivity contribution in [3.63, 3.8) is 0 Å². The molecule has 0 radical (unpaired) electrons. The van der Waals surface area contributed by atoms with Crippen molar-refractivity contribution in [2.75, 3.05) is 13.1 Å². The number of benzene rings is 1. The molecule has 0 bridgehead atoms.